The molecule has 0 unspecified atom stereocenters. The summed E-state index contributed by atoms with van der Waals surface area (Å²) in [5.74, 6) is -0.204. The summed E-state index contributed by atoms with van der Waals surface area (Å²) in [5.41, 5.74) is 2.35. The number of sulfonamides is 2. The number of hydrogen-bond acceptors (Lipinski definition) is 7. The number of ether oxygens (including phenoxy) is 2. The van der Waals surface area contributed by atoms with Crippen molar-refractivity contribution in [2.75, 3.05) is 49.6 Å². The Hall–Kier alpha value is -3.45. The first-order chi connectivity index (χ1) is 19.4. The lowest BCUT2D eigenvalue weighted by Crippen LogP contribution is -2.40. The van der Waals surface area contributed by atoms with Crippen LogP contribution < -0.4 is 14.4 Å². The Kier molecular flexibility index (Phi) is 9.37. The summed E-state index contributed by atoms with van der Waals surface area (Å²) in [5, 5.41) is 2.66. The number of carbonyl (C=O) groups excluding carboxylic acids is 1. The van der Waals surface area contributed by atoms with E-state index in [9.17, 15) is 21.6 Å². The van der Waals surface area contributed by atoms with E-state index in [0.717, 1.165) is 15.4 Å². The van der Waals surface area contributed by atoms with Crippen LogP contribution in [0.5, 0.6) is 5.75 Å². The van der Waals surface area contributed by atoms with Crippen LogP contribution in [-0.4, -0.2) is 67.0 Å². The van der Waals surface area contributed by atoms with E-state index in [0.29, 0.717) is 18.9 Å². The lowest BCUT2D eigenvalue weighted by atomic mass is 10.0. The van der Waals surface area contributed by atoms with Crippen molar-refractivity contribution in [1.82, 2.24) is 4.31 Å². The summed E-state index contributed by atoms with van der Waals surface area (Å²) in [6.45, 7) is 6.39. The maximum Gasteiger partial charge on any atom is 0.264 e. The van der Waals surface area contributed by atoms with Crippen LogP contribution in [0.3, 0.4) is 0 Å². The van der Waals surface area contributed by atoms with Crippen molar-refractivity contribution in [3.8, 4) is 5.75 Å². The first-order valence-corrected chi connectivity index (χ1v) is 16.1. The Labute approximate surface area is 242 Å². The zero-order chi connectivity index (χ0) is 29.8. The lowest BCUT2D eigenvalue weighted by molar-refractivity contribution is -0.114. The number of benzene rings is 3. The van der Waals surface area contributed by atoms with Gasteiger partial charge in [-0.2, -0.15) is 4.31 Å². The number of morpholine rings is 1. The highest BCUT2D eigenvalue weighted by molar-refractivity contribution is 7.92. The predicted octanol–water partition coefficient (Wildman–Crippen LogP) is 3.98. The number of rotatable bonds is 10. The molecule has 0 aliphatic carbocycles. The van der Waals surface area contributed by atoms with Gasteiger partial charge in [0.2, 0.25) is 15.9 Å². The Balaban J connectivity index is 1.66. The average molecular weight is 602 g/mol. The van der Waals surface area contributed by atoms with Gasteiger partial charge in [0.1, 0.15) is 12.3 Å². The largest absolute Gasteiger partial charge is 0.495 e. The highest BCUT2D eigenvalue weighted by atomic mass is 32.2. The fourth-order valence-corrected chi connectivity index (χ4v) is 7.24. The van der Waals surface area contributed by atoms with Crippen molar-refractivity contribution in [1.29, 1.82) is 0 Å². The van der Waals surface area contributed by atoms with Gasteiger partial charge in [-0.25, -0.2) is 16.8 Å². The third-order valence-corrected chi connectivity index (χ3v) is 10.5. The van der Waals surface area contributed by atoms with Gasteiger partial charge in [-0.1, -0.05) is 43.7 Å². The van der Waals surface area contributed by atoms with E-state index in [4.69, 9.17) is 9.47 Å². The standard InChI is InChI=1S/C29H35N3O7S2/c1-21(2)23-7-9-24(10-8-23)32(41(36,37)25-11-5-22(3)6-12-25)20-29(33)30-27-19-26(13-14-28(27)38-4)40(34,35)31-15-17-39-18-16-31/h5-14,19,21H,15-18,20H2,1-4H3,(H,30,33). The molecule has 1 aliphatic rings. The van der Waals surface area contributed by atoms with Gasteiger partial charge in [-0.05, 0) is 60.9 Å². The van der Waals surface area contributed by atoms with Crippen LogP contribution in [0.15, 0.2) is 76.5 Å². The highest BCUT2D eigenvalue weighted by Gasteiger charge is 2.29. The second-order valence-electron chi connectivity index (χ2n) is 10.00. The average Bonchev–Trinajstić information content (AvgIpc) is 2.96. The minimum Gasteiger partial charge on any atom is -0.495 e. The van der Waals surface area contributed by atoms with Crippen LogP contribution in [0.2, 0.25) is 0 Å². The van der Waals surface area contributed by atoms with Crippen LogP contribution in [-0.2, 0) is 29.6 Å². The van der Waals surface area contributed by atoms with Crippen molar-refractivity contribution >= 4 is 37.3 Å². The number of aryl methyl sites for hydroxylation is 1. The fourth-order valence-electron chi connectivity index (χ4n) is 4.38. The van der Waals surface area contributed by atoms with Gasteiger partial charge in [0, 0.05) is 13.1 Å². The van der Waals surface area contributed by atoms with Gasteiger partial charge in [-0.15, -0.1) is 0 Å². The van der Waals surface area contributed by atoms with Gasteiger partial charge in [0.05, 0.1) is 41.5 Å². The molecule has 0 aromatic heterocycles. The smallest absolute Gasteiger partial charge is 0.264 e. The molecule has 3 aromatic carbocycles. The number of nitrogens with zero attached hydrogens (tertiary/aromatic N) is 2. The molecule has 1 saturated heterocycles. The van der Waals surface area contributed by atoms with E-state index < -0.39 is 32.5 Å². The van der Waals surface area contributed by atoms with E-state index in [1.54, 1.807) is 24.3 Å². The maximum absolute atomic E-state index is 13.8. The molecule has 0 atom stereocenters. The Bertz CT molecular complexity index is 1580. The molecule has 4 rings (SSSR count). The Morgan fingerprint density at radius 3 is 2.15 bits per heavy atom. The topological polar surface area (TPSA) is 122 Å². The number of hydrogen-bond donors (Lipinski definition) is 1. The number of anilines is 2. The molecule has 3 aromatic rings. The van der Waals surface area contributed by atoms with Gasteiger partial charge >= 0.3 is 0 Å². The molecule has 0 bridgehead atoms. The first kappa shape index (κ1) is 30.5. The fraction of sp³-hybridized carbons (Fsp3) is 0.345. The molecule has 220 valence electrons. The Morgan fingerprint density at radius 1 is 0.951 bits per heavy atom. The first-order valence-electron chi connectivity index (χ1n) is 13.2. The number of amides is 1. The monoisotopic (exact) mass is 601 g/mol. The zero-order valence-electron chi connectivity index (χ0n) is 23.5. The summed E-state index contributed by atoms with van der Waals surface area (Å²) in [6.07, 6.45) is 0. The van der Waals surface area contributed by atoms with E-state index in [1.165, 1.54) is 41.7 Å². The quantitative estimate of drug-likeness (QED) is 0.373. The van der Waals surface area contributed by atoms with Gasteiger partial charge in [0.25, 0.3) is 10.0 Å². The SMILES string of the molecule is COc1ccc(S(=O)(=O)N2CCOCC2)cc1NC(=O)CN(c1ccc(C(C)C)cc1)S(=O)(=O)c1ccc(C)cc1. The van der Waals surface area contributed by atoms with Gasteiger partial charge in [-0.3, -0.25) is 9.10 Å². The highest BCUT2D eigenvalue weighted by Crippen LogP contribution is 2.30. The summed E-state index contributed by atoms with van der Waals surface area (Å²) < 4.78 is 66.9. The second-order valence-corrected chi connectivity index (χ2v) is 13.8. The minimum atomic E-state index is -4.13. The number of methoxy groups -OCH3 is 1. The van der Waals surface area contributed by atoms with Crippen molar-refractivity contribution < 1.29 is 31.1 Å². The molecule has 1 N–H and O–H groups in total. The van der Waals surface area contributed by atoms with Gasteiger partial charge < -0.3 is 14.8 Å². The molecule has 0 spiro atoms. The van der Waals surface area contributed by atoms with Crippen LogP contribution in [0.1, 0.15) is 30.9 Å². The van der Waals surface area contributed by atoms with Crippen LogP contribution in [0.25, 0.3) is 0 Å². The second kappa shape index (κ2) is 12.6. The molecule has 0 saturated carbocycles. The molecule has 1 amide bonds. The molecule has 10 nitrogen and oxygen atoms in total. The van der Waals surface area contributed by atoms with E-state index >= 15 is 0 Å². The molecular formula is C29H35N3O7S2. The molecular weight excluding hydrogens is 566 g/mol. The summed E-state index contributed by atoms with van der Waals surface area (Å²) >= 11 is 0. The van der Waals surface area contributed by atoms with E-state index in [2.05, 4.69) is 5.32 Å². The molecule has 1 aliphatic heterocycles. The summed E-state index contributed by atoms with van der Waals surface area (Å²) in [6, 6.07) is 17.6. The van der Waals surface area contributed by atoms with Crippen molar-refractivity contribution in [2.24, 2.45) is 0 Å². The van der Waals surface area contributed by atoms with Gasteiger partial charge in [0.15, 0.2) is 0 Å². The van der Waals surface area contributed by atoms with Crippen LogP contribution in [0, 0.1) is 6.92 Å². The maximum atomic E-state index is 13.8. The van der Waals surface area contributed by atoms with Crippen molar-refractivity contribution in [3.63, 3.8) is 0 Å². The molecule has 1 fully saturated rings. The summed E-state index contributed by atoms with van der Waals surface area (Å²) in [4.78, 5) is 13.4. The van der Waals surface area contributed by atoms with Crippen molar-refractivity contribution in [2.45, 2.75) is 36.5 Å². The van der Waals surface area contributed by atoms with E-state index in [1.807, 2.05) is 32.9 Å². The normalized spacial score (nSPS) is 14.6. The van der Waals surface area contributed by atoms with Crippen molar-refractivity contribution in [3.05, 3.63) is 77.9 Å². The molecule has 0 radical (unpaired) electrons. The van der Waals surface area contributed by atoms with Crippen LogP contribution >= 0.6 is 0 Å². The third-order valence-electron chi connectivity index (χ3n) is 6.80. The molecule has 1 heterocycles. The third kappa shape index (κ3) is 6.89. The zero-order valence-corrected chi connectivity index (χ0v) is 25.2. The molecule has 41 heavy (non-hydrogen) atoms. The number of nitrogens with one attached hydrogen (secondary N) is 1. The minimum absolute atomic E-state index is 0.0242. The predicted molar refractivity (Wildman–Crippen MR) is 157 cm³/mol. The molecule has 12 heteroatoms. The number of carbonyl (C=O) groups is 1. The van der Waals surface area contributed by atoms with E-state index in [-0.39, 0.29) is 40.2 Å². The lowest BCUT2D eigenvalue weighted by Gasteiger charge is -2.26. The van der Waals surface area contributed by atoms with Crippen LogP contribution in [0.4, 0.5) is 11.4 Å². The summed E-state index contributed by atoms with van der Waals surface area (Å²) in [7, 11) is -6.58. The Morgan fingerprint density at radius 2 is 1.56 bits per heavy atom.